The second kappa shape index (κ2) is 6.01. The standard InChI is InChI=1S/C12H20N4O3/c1-15(2)12(17)16-6-4-9(5-7-16)11-13-10(8-18-3)14-19-11/h9H,4-8H2,1-3H3. The molecule has 0 N–H and O–H groups in total. The van der Waals surface area contributed by atoms with E-state index in [1.807, 2.05) is 4.90 Å². The van der Waals surface area contributed by atoms with E-state index in [4.69, 9.17) is 9.26 Å². The Morgan fingerprint density at radius 3 is 2.74 bits per heavy atom. The van der Waals surface area contributed by atoms with Crippen LogP contribution in [0.4, 0.5) is 4.79 Å². The van der Waals surface area contributed by atoms with Crippen molar-refractivity contribution in [1.29, 1.82) is 0 Å². The van der Waals surface area contributed by atoms with E-state index in [2.05, 4.69) is 10.1 Å². The van der Waals surface area contributed by atoms with E-state index in [9.17, 15) is 4.79 Å². The van der Waals surface area contributed by atoms with E-state index in [0.29, 0.717) is 18.3 Å². The topological polar surface area (TPSA) is 71.7 Å². The molecule has 0 atom stereocenters. The molecule has 0 radical (unpaired) electrons. The first kappa shape index (κ1) is 13.8. The van der Waals surface area contributed by atoms with E-state index < -0.39 is 0 Å². The third kappa shape index (κ3) is 3.23. The van der Waals surface area contributed by atoms with Crippen molar-refractivity contribution in [2.45, 2.75) is 25.4 Å². The van der Waals surface area contributed by atoms with Gasteiger partial charge in [0, 0.05) is 40.2 Å². The number of rotatable bonds is 3. The maximum Gasteiger partial charge on any atom is 0.319 e. The number of urea groups is 1. The molecule has 19 heavy (non-hydrogen) atoms. The highest BCUT2D eigenvalue weighted by Gasteiger charge is 2.27. The molecule has 0 saturated carbocycles. The molecule has 106 valence electrons. The first-order chi connectivity index (χ1) is 9.11. The van der Waals surface area contributed by atoms with Gasteiger partial charge in [0.25, 0.3) is 0 Å². The Labute approximate surface area is 112 Å². The van der Waals surface area contributed by atoms with Crippen LogP contribution in [0.5, 0.6) is 0 Å². The zero-order valence-electron chi connectivity index (χ0n) is 11.6. The predicted molar refractivity (Wildman–Crippen MR) is 67.6 cm³/mol. The second-order valence-corrected chi connectivity index (χ2v) is 4.92. The summed E-state index contributed by atoms with van der Waals surface area (Å²) in [7, 11) is 5.13. The quantitative estimate of drug-likeness (QED) is 0.820. The number of aromatic nitrogens is 2. The molecule has 1 aliphatic rings. The summed E-state index contributed by atoms with van der Waals surface area (Å²) in [5.41, 5.74) is 0. The highest BCUT2D eigenvalue weighted by atomic mass is 16.5. The summed E-state index contributed by atoms with van der Waals surface area (Å²) in [6.07, 6.45) is 1.71. The molecule has 2 amide bonds. The number of ether oxygens (including phenoxy) is 1. The lowest BCUT2D eigenvalue weighted by Gasteiger charge is -2.32. The summed E-state index contributed by atoms with van der Waals surface area (Å²) in [5, 5.41) is 3.86. The molecule has 2 heterocycles. The fourth-order valence-electron chi connectivity index (χ4n) is 2.22. The van der Waals surface area contributed by atoms with Crippen LogP contribution in [0.3, 0.4) is 0 Å². The molecule has 7 heteroatoms. The van der Waals surface area contributed by atoms with Crippen LogP contribution in [-0.4, -0.2) is 60.3 Å². The van der Waals surface area contributed by atoms with Crippen molar-refractivity contribution in [2.24, 2.45) is 0 Å². The molecule has 1 saturated heterocycles. The van der Waals surface area contributed by atoms with E-state index in [0.717, 1.165) is 25.9 Å². The zero-order chi connectivity index (χ0) is 13.8. The smallest absolute Gasteiger partial charge is 0.319 e. The second-order valence-electron chi connectivity index (χ2n) is 4.92. The van der Waals surface area contributed by atoms with Crippen molar-refractivity contribution in [1.82, 2.24) is 19.9 Å². The third-order valence-electron chi connectivity index (χ3n) is 3.25. The number of carbonyl (C=O) groups excluding carboxylic acids is 1. The summed E-state index contributed by atoms with van der Waals surface area (Å²) in [5.74, 6) is 1.47. The number of nitrogens with zero attached hydrogens (tertiary/aromatic N) is 4. The lowest BCUT2D eigenvalue weighted by Crippen LogP contribution is -2.43. The van der Waals surface area contributed by atoms with Crippen molar-refractivity contribution >= 4 is 6.03 Å². The van der Waals surface area contributed by atoms with Crippen LogP contribution in [0.2, 0.25) is 0 Å². The number of hydrogen-bond donors (Lipinski definition) is 0. The van der Waals surface area contributed by atoms with Gasteiger partial charge in [-0.1, -0.05) is 5.16 Å². The van der Waals surface area contributed by atoms with Gasteiger partial charge < -0.3 is 19.1 Å². The van der Waals surface area contributed by atoms with Crippen molar-refractivity contribution < 1.29 is 14.1 Å². The van der Waals surface area contributed by atoms with E-state index in [-0.39, 0.29) is 11.9 Å². The molecule has 0 aromatic carbocycles. The predicted octanol–water partition coefficient (Wildman–Crippen LogP) is 1.08. The average molecular weight is 268 g/mol. The fourth-order valence-corrected chi connectivity index (χ4v) is 2.22. The van der Waals surface area contributed by atoms with Crippen LogP contribution in [0.15, 0.2) is 4.52 Å². The summed E-state index contributed by atoms with van der Waals surface area (Å²) in [6, 6.07) is 0.0593. The van der Waals surface area contributed by atoms with Gasteiger partial charge in [-0.05, 0) is 12.8 Å². The van der Waals surface area contributed by atoms with Gasteiger partial charge in [-0.15, -0.1) is 0 Å². The van der Waals surface area contributed by atoms with Crippen LogP contribution in [-0.2, 0) is 11.3 Å². The van der Waals surface area contributed by atoms with Crippen LogP contribution in [0, 0.1) is 0 Å². The minimum Gasteiger partial charge on any atom is -0.377 e. The highest BCUT2D eigenvalue weighted by molar-refractivity contribution is 5.73. The minimum absolute atomic E-state index is 0.0593. The van der Waals surface area contributed by atoms with Crippen LogP contribution >= 0.6 is 0 Å². The Morgan fingerprint density at radius 1 is 1.47 bits per heavy atom. The molecule has 1 aliphatic heterocycles. The van der Waals surface area contributed by atoms with Gasteiger partial charge in [-0.2, -0.15) is 4.98 Å². The number of carbonyl (C=O) groups is 1. The van der Waals surface area contributed by atoms with E-state index in [1.165, 1.54) is 0 Å². The average Bonchev–Trinajstić information content (AvgIpc) is 2.87. The van der Waals surface area contributed by atoms with Gasteiger partial charge in [-0.25, -0.2) is 4.79 Å². The Kier molecular flexibility index (Phi) is 4.36. The number of piperidine rings is 1. The third-order valence-corrected chi connectivity index (χ3v) is 3.25. The largest absolute Gasteiger partial charge is 0.377 e. The minimum atomic E-state index is 0.0593. The lowest BCUT2D eigenvalue weighted by molar-refractivity contribution is 0.152. The SMILES string of the molecule is COCc1noc(C2CCN(C(=O)N(C)C)CC2)n1. The van der Waals surface area contributed by atoms with Crippen molar-refractivity contribution in [3.05, 3.63) is 11.7 Å². The van der Waals surface area contributed by atoms with Gasteiger partial charge in [0.1, 0.15) is 6.61 Å². The molecule has 1 aromatic rings. The molecule has 0 spiro atoms. The van der Waals surface area contributed by atoms with E-state index in [1.54, 1.807) is 26.1 Å². The van der Waals surface area contributed by atoms with E-state index >= 15 is 0 Å². The van der Waals surface area contributed by atoms with Gasteiger partial charge in [0.15, 0.2) is 5.82 Å². The number of hydrogen-bond acceptors (Lipinski definition) is 5. The Bertz CT molecular complexity index is 424. The lowest BCUT2D eigenvalue weighted by atomic mass is 9.97. The molecule has 2 rings (SSSR count). The Morgan fingerprint density at radius 2 is 2.16 bits per heavy atom. The van der Waals surface area contributed by atoms with Gasteiger partial charge >= 0.3 is 6.03 Å². The number of methoxy groups -OCH3 is 1. The summed E-state index contributed by atoms with van der Waals surface area (Å²) >= 11 is 0. The Hall–Kier alpha value is -1.63. The molecule has 7 nitrogen and oxygen atoms in total. The van der Waals surface area contributed by atoms with Crippen molar-refractivity contribution in [2.75, 3.05) is 34.3 Å². The van der Waals surface area contributed by atoms with Gasteiger partial charge in [0.05, 0.1) is 0 Å². The molecule has 0 bridgehead atoms. The Balaban J connectivity index is 1.90. The molecule has 1 aromatic heterocycles. The molecule has 0 unspecified atom stereocenters. The molecule has 0 aliphatic carbocycles. The first-order valence-electron chi connectivity index (χ1n) is 6.39. The molecule has 1 fully saturated rings. The summed E-state index contributed by atoms with van der Waals surface area (Å²) in [6.45, 7) is 1.81. The highest BCUT2D eigenvalue weighted by Crippen LogP contribution is 2.27. The number of likely N-dealkylation sites (tertiary alicyclic amines) is 1. The molecular weight excluding hydrogens is 248 g/mol. The number of amides is 2. The summed E-state index contributed by atoms with van der Waals surface area (Å²) < 4.78 is 10.2. The van der Waals surface area contributed by atoms with Gasteiger partial charge in [0.2, 0.25) is 5.89 Å². The zero-order valence-corrected chi connectivity index (χ0v) is 11.6. The first-order valence-corrected chi connectivity index (χ1v) is 6.39. The maximum atomic E-state index is 11.8. The van der Waals surface area contributed by atoms with Crippen molar-refractivity contribution in [3.63, 3.8) is 0 Å². The van der Waals surface area contributed by atoms with Crippen molar-refractivity contribution in [3.8, 4) is 0 Å². The fraction of sp³-hybridized carbons (Fsp3) is 0.750. The van der Waals surface area contributed by atoms with Gasteiger partial charge in [-0.3, -0.25) is 0 Å². The monoisotopic (exact) mass is 268 g/mol. The summed E-state index contributed by atoms with van der Waals surface area (Å²) in [4.78, 5) is 19.6. The normalized spacial score (nSPS) is 16.7. The van der Waals surface area contributed by atoms with Crippen LogP contribution in [0.1, 0.15) is 30.5 Å². The van der Waals surface area contributed by atoms with Crippen LogP contribution < -0.4 is 0 Å². The molecular formula is C12H20N4O3. The maximum absolute atomic E-state index is 11.8. The van der Waals surface area contributed by atoms with Crippen LogP contribution in [0.25, 0.3) is 0 Å².